The Bertz CT molecular complexity index is 1320. The maximum Gasteiger partial charge on any atom is 0.286 e. The van der Waals surface area contributed by atoms with E-state index in [1.165, 1.54) is 5.56 Å². The van der Waals surface area contributed by atoms with E-state index in [-0.39, 0.29) is 40.6 Å². The van der Waals surface area contributed by atoms with E-state index in [1.54, 1.807) is 23.1 Å². The minimum atomic E-state index is -0.451. The Kier molecular flexibility index (Phi) is 8.36. The number of rotatable bonds is 9. The molecule has 11 heteroatoms. The van der Waals surface area contributed by atoms with Crippen molar-refractivity contribution in [2.45, 2.75) is 45.1 Å². The van der Waals surface area contributed by atoms with Gasteiger partial charge in [0.05, 0.1) is 0 Å². The molecule has 39 heavy (non-hydrogen) atoms. The van der Waals surface area contributed by atoms with Crippen LogP contribution in [0, 0.1) is 5.92 Å². The highest BCUT2D eigenvalue weighted by molar-refractivity contribution is 7.15. The molecule has 3 aromatic rings. The van der Waals surface area contributed by atoms with Crippen LogP contribution >= 0.6 is 11.3 Å². The Morgan fingerprint density at radius 3 is 2.56 bits per heavy atom. The molecule has 0 unspecified atom stereocenters. The number of ether oxygens (including phenoxy) is 2. The van der Waals surface area contributed by atoms with Crippen LogP contribution in [0.1, 0.15) is 57.8 Å². The molecular formula is C28H31N5O5S. The molecule has 10 nitrogen and oxygen atoms in total. The zero-order valence-corrected chi connectivity index (χ0v) is 22.5. The fraction of sp³-hybridized carbons (Fsp3) is 0.393. The number of anilines is 1. The highest BCUT2D eigenvalue weighted by atomic mass is 32.1. The Hall–Kier alpha value is -3.99. The fourth-order valence-electron chi connectivity index (χ4n) is 4.73. The summed E-state index contributed by atoms with van der Waals surface area (Å²) in [4.78, 5) is 39.9. The number of piperidine rings is 1. The van der Waals surface area contributed by atoms with Crippen LogP contribution in [-0.2, 0) is 11.2 Å². The van der Waals surface area contributed by atoms with Crippen LogP contribution in [0.15, 0.2) is 48.5 Å². The predicted octanol–water partition coefficient (Wildman–Crippen LogP) is 3.90. The highest BCUT2D eigenvalue weighted by Gasteiger charge is 2.28. The first-order valence-electron chi connectivity index (χ1n) is 13.1. The van der Waals surface area contributed by atoms with Crippen molar-refractivity contribution < 1.29 is 23.9 Å². The number of fused-ring (bicyclic) bond motifs is 1. The molecule has 2 aliphatic rings. The lowest BCUT2D eigenvalue weighted by atomic mass is 9.93. The van der Waals surface area contributed by atoms with Crippen LogP contribution in [-0.4, -0.2) is 58.7 Å². The number of nitrogens with zero attached hydrogens (tertiary/aromatic N) is 3. The third-order valence-corrected chi connectivity index (χ3v) is 7.83. The lowest BCUT2D eigenvalue weighted by Gasteiger charge is -2.31. The SMILES string of the molecule is C[C@@H](CCc1ccccc1)NC(=O)CC1CCN(C(=O)c2nnc(C(=O)Nc3ccc4c(c3)OCO4)s2)CC1. The number of likely N-dealkylation sites (tertiary alicyclic amines) is 1. The third-order valence-electron chi connectivity index (χ3n) is 6.92. The summed E-state index contributed by atoms with van der Waals surface area (Å²) in [7, 11) is 0. The van der Waals surface area contributed by atoms with E-state index in [1.807, 2.05) is 25.1 Å². The molecule has 2 aromatic carbocycles. The van der Waals surface area contributed by atoms with E-state index in [2.05, 4.69) is 33.0 Å². The number of hydrogen-bond acceptors (Lipinski definition) is 8. The van der Waals surface area contributed by atoms with Crippen LogP contribution in [0.25, 0.3) is 0 Å². The van der Waals surface area contributed by atoms with Crippen molar-refractivity contribution in [2.75, 3.05) is 25.2 Å². The molecule has 5 rings (SSSR count). The summed E-state index contributed by atoms with van der Waals surface area (Å²) >= 11 is 0.963. The first kappa shape index (κ1) is 26.6. The Balaban J connectivity index is 1.05. The minimum absolute atomic E-state index is 0.0579. The van der Waals surface area contributed by atoms with Crippen molar-refractivity contribution in [2.24, 2.45) is 5.92 Å². The number of aromatic nitrogens is 2. The van der Waals surface area contributed by atoms with Gasteiger partial charge in [0.25, 0.3) is 11.8 Å². The number of benzene rings is 2. The molecule has 2 aliphatic heterocycles. The smallest absolute Gasteiger partial charge is 0.286 e. The van der Waals surface area contributed by atoms with Crippen LogP contribution in [0.2, 0.25) is 0 Å². The maximum atomic E-state index is 13.0. The minimum Gasteiger partial charge on any atom is -0.454 e. The Morgan fingerprint density at radius 1 is 1.03 bits per heavy atom. The molecule has 0 saturated carbocycles. The molecule has 1 aromatic heterocycles. The quantitative estimate of drug-likeness (QED) is 0.415. The van der Waals surface area contributed by atoms with E-state index in [0.29, 0.717) is 36.7 Å². The van der Waals surface area contributed by atoms with Gasteiger partial charge in [-0.1, -0.05) is 41.7 Å². The standard InChI is InChI=1S/C28H31N5O5S/c1-18(7-8-19-5-3-2-4-6-19)29-24(34)15-20-11-13-33(14-12-20)28(36)27-32-31-26(39-27)25(35)30-21-9-10-22-23(16-21)38-17-37-22/h2-6,9-10,16,18,20H,7-8,11-15,17H2,1H3,(H,29,34)(H,30,35)/t18-/m0/s1. The molecule has 0 radical (unpaired) electrons. The second-order valence-electron chi connectivity index (χ2n) is 9.87. The summed E-state index contributed by atoms with van der Waals surface area (Å²) in [5, 5.41) is 14.0. The van der Waals surface area contributed by atoms with Crippen molar-refractivity contribution in [3.63, 3.8) is 0 Å². The highest BCUT2D eigenvalue weighted by Crippen LogP contribution is 2.34. The van der Waals surface area contributed by atoms with Gasteiger partial charge in [0.1, 0.15) is 0 Å². The molecule has 3 heterocycles. The van der Waals surface area contributed by atoms with Gasteiger partial charge in [0, 0.05) is 37.3 Å². The molecular weight excluding hydrogens is 518 g/mol. The summed E-state index contributed by atoms with van der Waals surface area (Å²) in [6.45, 7) is 3.26. The number of carbonyl (C=O) groups is 3. The van der Waals surface area contributed by atoms with E-state index < -0.39 is 5.91 Å². The van der Waals surface area contributed by atoms with Crippen molar-refractivity contribution in [3.05, 3.63) is 64.1 Å². The summed E-state index contributed by atoms with van der Waals surface area (Å²) < 4.78 is 10.6. The molecule has 1 fully saturated rings. The van der Waals surface area contributed by atoms with E-state index in [9.17, 15) is 14.4 Å². The van der Waals surface area contributed by atoms with Gasteiger partial charge in [-0.15, -0.1) is 10.2 Å². The zero-order chi connectivity index (χ0) is 27.2. The molecule has 3 amide bonds. The first-order chi connectivity index (χ1) is 18.9. The van der Waals surface area contributed by atoms with Gasteiger partial charge >= 0.3 is 0 Å². The summed E-state index contributed by atoms with van der Waals surface area (Å²) in [6, 6.07) is 15.4. The maximum absolute atomic E-state index is 13.0. The van der Waals surface area contributed by atoms with Gasteiger partial charge in [-0.2, -0.15) is 0 Å². The first-order valence-corrected chi connectivity index (χ1v) is 13.9. The van der Waals surface area contributed by atoms with E-state index >= 15 is 0 Å². The molecule has 2 N–H and O–H groups in total. The molecule has 0 spiro atoms. The molecule has 0 aliphatic carbocycles. The average molecular weight is 550 g/mol. The van der Waals surface area contributed by atoms with Gasteiger partial charge in [-0.3, -0.25) is 14.4 Å². The second-order valence-corrected chi connectivity index (χ2v) is 10.8. The summed E-state index contributed by atoms with van der Waals surface area (Å²) in [5.74, 6) is 0.768. The number of amides is 3. The molecule has 0 bridgehead atoms. The average Bonchev–Trinajstić information content (AvgIpc) is 3.62. The van der Waals surface area contributed by atoms with Crippen LogP contribution in [0.5, 0.6) is 11.5 Å². The van der Waals surface area contributed by atoms with Gasteiger partial charge < -0.3 is 25.0 Å². The monoisotopic (exact) mass is 549 g/mol. The number of nitrogens with one attached hydrogen (secondary N) is 2. The van der Waals surface area contributed by atoms with Gasteiger partial charge in [0.15, 0.2) is 11.5 Å². The number of hydrogen-bond donors (Lipinski definition) is 2. The predicted molar refractivity (Wildman–Crippen MR) is 146 cm³/mol. The molecule has 1 atom stereocenters. The lowest BCUT2D eigenvalue weighted by Crippen LogP contribution is -2.40. The van der Waals surface area contributed by atoms with E-state index in [4.69, 9.17) is 9.47 Å². The van der Waals surface area contributed by atoms with Crippen molar-refractivity contribution in [1.29, 1.82) is 0 Å². The molecule has 204 valence electrons. The van der Waals surface area contributed by atoms with Gasteiger partial charge in [-0.05, 0) is 56.2 Å². The van der Waals surface area contributed by atoms with Crippen LogP contribution in [0.4, 0.5) is 5.69 Å². The van der Waals surface area contributed by atoms with Crippen molar-refractivity contribution in [3.8, 4) is 11.5 Å². The van der Waals surface area contributed by atoms with Crippen molar-refractivity contribution >= 4 is 34.7 Å². The Morgan fingerprint density at radius 2 is 1.77 bits per heavy atom. The number of carbonyl (C=O) groups excluding carboxylic acids is 3. The normalized spacial score (nSPS) is 15.6. The topological polar surface area (TPSA) is 123 Å². The van der Waals surface area contributed by atoms with Gasteiger partial charge in [-0.25, -0.2) is 0 Å². The molecule has 1 saturated heterocycles. The number of aryl methyl sites for hydroxylation is 1. The van der Waals surface area contributed by atoms with Gasteiger partial charge in [0.2, 0.25) is 22.7 Å². The lowest BCUT2D eigenvalue weighted by molar-refractivity contribution is -0.122. The second kappa shape index (κ2) is 12.2. The fourth-order valence-corrected chi connectivity index (χ4v) is 5.44. The van der Waals surface area contributed by atoms with E-state index in [0.717, 1.165) is 37.0 Å². The summed E-state index contributed by atoms with van der Waals surface area (Å²) in [5.41, 5.74) is 1.80. The Labute approximate surface area is 230 Å². The van der Waals surface area contributed by atoms with Crippen molar-refractivity contribution in [1.82, 2.24) is 20.4 Å². The van der Waals surface area contributed by atoms with Crippen LogP contribution < -0.4 is 20.1 Å². The van der Waals surface area contributed by atoms with Crippen LogP contribution in [0.3, 0.4) is 0 Å². The zero-order valence-electron chi connectivity index (χ0n) is 21.7. The third kappa shape index (κ3) is 6.91. The summed E-state index contributed by atoms with van der Waals surface area (Å²) in [6.07, 6.45) is 3.76. The largest absolute Gasteiger partial charge is 0.454 e.